The normalized spacial score (nSPS) is 14.2. The molecule has 0 heterocycles. The van der Waals surface area contributed by atoms with Crippen molar-refractivity contribution >= 4 is 27.5 Å². The molecule has 0 fully saturated rings. The highest BCUT2D eigenvalue weighted by atomic mass is 79.9. The Morgan fingerprint density at radius 2 is 2.00 bits per heavy atom. The van der Waals surface area contributed by atoms with Crippen molar-refractivity contribution in [1.82, 2.24) is 0 Å². The topological polar surface area (TPSA) is 20.2 Å². The number of hydrogen-bond acceptors (Lipinski definition) is 1. The summed E-state index contributed by atoms with van der Waals surface area (Å²) in [5.41, 5.74) is 0.185. The molecule has 1 N–H and O–H groups in total. The first kappa shape index (κ1) is 14.5. The second-order valence-corrected chi connectivity index (χ2v) is 6.02. The molecule has 0 saturated heterocycles. The van der Waals surface area contributed by atoms with Gasteiger partial charge in [0.1, 0.15) is 5.82 Å². The lowest BCUT2D eigenvalue weighted by Gasteiger charge is -2.24. The van der Waals surface area contributed by atoms with Gasteiger partial charge in [-0.25, -0.2) is 4.39 Å². The highest BCUT2D eigenvalue weighted by molar-refractivity contribution is 9.10. The molecule has 19 heavy (non-hydrogen) atoms. The molecule has 0 aliphatic heterocycles. The fourth-order valence-electron chi connectivity index (χ4n) is 1.96. The van der Waals surface area contributed by atoms with E-state index in [0.717, 1.165) is 10.0 Å². The monoisotopic (exact) mass is 342 g/mol. The van der Waals surface area contributed by atoms with Crippen LogP contribution in [0.3, 0.4) is 0 Å². The summed E-state index contributed by atoms with van der Waals surface area (Å²) in [5, 5.41) is 11.1. The van der Waals surface area contributed by atoms with E-state index in [1.807, 2.05) is 12.1 Å². The number of rotatable bonds is 3. The zero-order chi connectivity index (χ0) is 14.0. The summed E-state index contributed by atoms with van der Waals surface area (Å²) in [4.78, 5) is 0. The van der Waals surface area contributed by atoms with Gasteiger partial charge in [-0.05, 0) is 42.3 Å². The van der Waals surface area contributed by atoms with Crippen molar-refractivity contribution < 1.29 is 9.50 Å². The van der Waals surface area contributed by atoms with Crippen molar-refractivity contribution in [2.45, 2.75) is 18.9 Å². The Balaban J connectivity index is 2.30. The predicted octanol–water partition coefficient (Wildman–Crippen LogP) is 4.69. The molecule has 0 aliphatic rings. The minimum Gasteiger partial charge on any atom is -0.385 e. The van der Waals surface area contributed by atoms with Crippen LogP contribution in [-0.4, -0.2) is 5.11 Å². The van der Waals surface area contributed by atoms with E-state index in [1.165, 1.54) is 12.1 Å². The number of aliphatic hydroxyl groups is 1. The third kappa shape index (κ3) is 3.56. The van der Waals surface area contributed by atoms with Crippen LogP contribution in [0.25, 0.3) is 0 Å². The first-order chi connectivity index (χ1) is 8.88. The second kappa shape index (κ2) is 5.61. The molecule has 0 bridgehead atoms. The van der Waals surface area contributed by atoms with Gasteiger partial charge in [-0.3, -0.25) is 0 Å². The first-order valence-corrected chi connectivity index (χ1v) is 6.98. The maximum absolute atomic E-state index is 13.2. The van der Waals surface area contributed by atoms with Gasteiger partial charge < -0.3 is 5.11 Å². The molecule has 0 aliphatic carbocycles. The molecule has 4 heteroatoms. The van der Waals surface area contributed by atoms with Crippen LogP contribution >= 0.6 is 27.5 Å². The summed E-state index contributed by atoms with van der Waals surface area (Å²) in [5.74, 6) is -0.361. The van der Waals surface area contributed by atoms with Crippen molar-refractivity contribution in [2.75, 3.05) is 0 Å². The highest BCUT2D eigenvalue weighted by Crippen LogP contribution is 2.30. The molecule has 0 radical (unpaired) electrons. The van der Waals surface area contributed by atoms with Crippen LogP contribution in [0.15, 0.2) is 46.9 Å². The number of hydrogen-bond donors (Lipinski definition) is 1. The fourth-order valence-corrected chi connectivity index (χ4v) is 2.70. The van der Waals surface area contributed by atoms with E-state index in [4.69, 9.17) is 11.6 Å². The maximum atomic E-state index is 13.2. The largest absolute Gasteiger partial charge is 0.385 e. The van der Waals surface area contributed by atoms with Gasteiger partial charge in [-0.2, -0.15) is 0 Å². The van der Waals surface area contributed by atoms with Gasteiger partial charge in [-0.15, -0.1) is 0 Å². The van der Waals surface area contributed by atoms with Crippen molar-refractivity contribution in [3.05, 3.63) is 68.9 Å². The quantitative estimate of drug-likeness (QED) is 0.857. The molecule has 2 aromatic carbocycles. The highest BCUT2D eigenvalue weighted by Gasteiger charge is 2.25. The van der Waals surface area contributed by atoms with Crippen LogP contribution in [0.5, 0.6) is 0 Å². The minimum atomic E-state index is -1.17. The lowest BCUT2D eigenvalue weighted by molar-refractivity contribution is 0.0573. The van der Waals surface area contributed by atoms with E-state index in [-0.39, 0.29) is 5.82 Å². The Kier molecular flexibility index (Phi) is 4.29. The third-order valence-corrected chi connectivity index (χ3v) is 3.84. The van der Waals surface area contributed by atoms with Crippen molar-refractivity contribution in [3.63, 3.8) is 0 Å². The standard InChI is InChI=1S/C15H13BrClFO/c1-15(19,11-3-2-4-13(18)7-11)9-10-5-6-12(16)8-14(10)17/h2-8,19H,9H2,1H3. The van der Waals surface area contributed by atoms with E-state index < -0.39 is 5.60 Å². The van der Waals surface area contributed by atoms with Gasteiger partial charge >= 0.3 is 0 Å². The molecule has 0 saturated carbocycles. The van der Waals surface area contributed by atoms with Crippen LogP contribution in [0.4, 0.5) is 4.39 Å². The zero-order valence-corrected chi connectivity index (χ0v) is 12.7. The maximum Gasteiger partial charge on any atom is 0.123 e. The molecule has 0 spiro atoms. The number of halogens is 3. The molecule has 0 aromatic heterocycles. The Morgan fingerprint density at radius 1 is 1.26 bits per heavy atom. The Hall–Kier alpha value is -0.900. The summed E-state index contributed by atoms with van der Waals surface area (Å²) in [7, 11) is 0. The van der Waals surface area contributed by atoms with E-state index in [1.54, 1.807) is 25.1 Å². The molecule has 1 atom stereocenters. The average Bonchev–Trinajstić information content (AvgIpc) is 2.33. The van der Waals surface area contributed by atoms with Crippen LogP contribution in [0.2, 0.25) is 5.02 Å². The molecule has 2 rings (SSSR count). The Bertz CT molecular complexity index is 598. The Morgan fingerprint density at radius 3 is 2.63 bits per heavy atom. The average molecular weight is 344 g/mol. The SMILES string of the molecule is CC(O)(Cc1ccc(Br)cc1Cl)c1cccc(F)c1. The molecule has 100 valence electrons. The van der Waals surface area contributed by atoms with Gasteiger partial charge in [0.2, 0.25) is 0 Å². The Labute approximate surface area is 125 Å². The smallest absolute Gasteiger partial charge is 0.123 e. The summed E-state index contributed by atoms with van der Waals surface area (Å²) >= 11 is 9.47. The second-order valence-electron chi connectivity index (χ2n) is 4.70. The van der Waals surface area contributed by atoms with E-state index in [9.17, 15) is 9.50 Å². The zero-order valence-electron chi connectivity index (χ0n) is 10.3. The summed E-state index contributed by atoms with van der Waals surface area (Å²) in [6.07, 6.45) is 0.322. The van der Waals surface area contributed by atoms with E-state index in [0.29, 0.717) is 17.0 Å². The van der Waals surface area contributed by atoms with Crippen molar-refractivity contribution in [3.8, 4) is 0 Å². The summed E-state index contributed by atoms with van der Waals surface area (Å²) < 4.78 is 14.1. The molecular formula is C15H13BrClFO. The molecule has 2 aromatic rings. The van der Waals surface area contributed by atoms with Gasteiger partial charge in [0.15, 0.2) is 0 Å². The molecule has 1 nitrogen and oxygen atoms in total. The van der Waals surface area contributed by atoms with E-state index >= 15 is 0 Å². The lowest BCUT2D eigenvalue weighted by atomic mass is 9.89. The summed E-state index contributed by atoms with van der Waals surface area (Å²) in [6, 6.07) is 11.5. The predicted molar refractivity (Wildman–Crippen MR) is 78.8 cm³/mol. The van der Waals surface area contributed by atoms with Gasteiger partial charge in [0.25, 0.3) is 0 Å². The summed E-state index contributed by atoms with van der Waals surface area (Å²) in [6.45, 7) is 1.65. The van der Waals surface area contributed by atoms with Crippen molar-refractivity contribution in [2.24, 2.45) is 0 Å². The van der Waals surface area contributed by atoms with Crippen LogP contribution in [0.1, 0.15) is 18.1 Å². The van der Waals surface area contributed by atoms with Crippen LogP contribution in [-0.2, 0) is 12.0 Å². The van der Waals surface area contributed by atoms with Gasteiger partial charge in [0.05, 0.1) is 5.60 Å². The number of benzene rings is 2. The minimum absolute atomic E-state index is 0.322. The fraction of sp³-hybridized carbons (Fsp3) is 0.200. The van der Waals surface area contributed by atoms with Crippen molar-refractivity contribution in [1.29, 1.82) is 0 Å². The van der Waals surface area contributed by atoms with Crippen LogP contribution in [0, 0.1) is 5.82 Å². The molecule has 1 unspecified atom stereocenters. The van der Waals surface area contributed by atoms with Gasteiger partial charge in [-0.1, -0.05) is 45.7 Å². The lowest BCUT2D eigenvalue weighted by Crippen LogP contribution is -2.24. The van der Waals surface area contributed by atoms with E-state index in [2.05, 4.69) is 15.9 Å². The molecular weight excluding hydrogens is 331 g/mol. The molecule has 0 amide bonds. The third-order valence-electron chi connectivity index (χ3n) is 3.00. The van der Waals surface area contributed by atoms with Gasteiger partial charge in [0, 0.05) is 15.9 Å². The van der Waals surface area contributed by atoms with Crippen LogP contribution < -0.4 is 0 Å². The first-order valence-electron chi connectivity index (χ1n) is 5.81.